The molecule has 23 aromatic rings. The molecule has 4 aromatic heterocycles. The molecule has 0 saturated carbocycles. The average molecular weight is 1530 g/mol. The lowest BCUT2D eigenvalue weighted by atomic mass is 9.68. The maximum absolute atomic E-state index is 2.43. The molecule has 0 amide bonds. The molecule has 560 valence electrons. The Hall–Kier alpha value is -15.6. The lowest BCUT2D eigenvalue weighted by molar-refractivity contribution is 0.768. The van der Waals surface area contributed by atoms with Gasteiger partial charge in [-0.15, -0.1) is 0 Å². The summed E-state index contributed by atoms with van der Waals surface area (Å²) in [6, 6.07) is 170. The van der Waals surface area contributed by atoms with E-state index >= 15 is 0 Å². The molecule has 120 heavy (non-hydrogen) atoms. The summed E-state index contributed by atoms with van der Waals surface area (Å²) in [6.45, 7) is 0. The molecule has 4 heteroatoms. The van der Waals surface area contributed by atoms with Crippen LogP contribution in [0.4, 0.5) is 0 Å². The maximum Gasteiger partial charge on any atom is 0.0713 e. The SMILES string of the molecule is c1ccc(-c2ccc(-n3c4ccccc4c4ccc(-c5ccc6c(c5)c5ccccc5n6-c5ccc(C6(c7ccccc7)c7ccccc7-c7ccccc76)cc5)cc43)cc2)cc1.c1ccc(-n2c3ccccc3c3ccc(-c4ccc5c(c4)c4ccccc4n5-c4ccc(C5(c6ccccc6)c6ccccc6-c6ccccc65)cc4)cc32)cc1. The van der Waals surface area contributed by atoms with E-state index in [-0.39, 0.29) is 0 Å². The van der Waals surface area contributed by atoms with Gasteiger partial charge in [0.1, 0.15) is 0 Å². The second-order valence-corrected chi connectivity index (χ2v) is 32.1. The first-order chi connectivity index (χ1) is 59.5. The van der Waals surface area contributed by atoms with Crippen LogP contribution >= 0.6 is 0 Å². The van der Waals surface area contributed by atoms with Gasteiger partial charge in [0.05, 0.1) is 55.0 Å². The number of benzene rings is 19. The topological polar surface area (TPSA) is 19.7 Å². The van der Waals surface area contributed by atoms with Gasteiger partial charge in [0, 0.05) is 65.8 Å². The second-order valence-electron chi connectivity index (χ2n) is 32.1. The Bertz CT molecular complexity index is 7890. The Labute approximate surface area is 695 Å². The van der Waals surface area contributed by atoms with E-state index in [0.717, 1.165) is 17.1 Å². The summed E-state index contributed by atoms with van der Waals surface area (Å²) < 4.78 is 9.68. The largest absolute Gasteiger partial charge is 0.309 e. The molecule has 25 rings (SSSR count). The fourth-order valence-electron chi connectivity index (χ4n) is 20.9. The third kappa shape index (κ3) is 10.4. The molecule has 4 nitrogen and oxygen atoms in total. The third-order valence-electron chi connectivity index (χ3n) is 26.0. The van der Waals surface area contributed by atoms with Crippen molar-refractivity contribution in [3.63, 3.8) is 0 Å². The van der Waals surface area contributed by atoms with Crippen molar-refractivity contribution in [2.45, 2.75) is 10.8 Å². The van der Waals surface area contributed by atoms with Crippen LogP contribution in [0, 0.1) is 0 Å². The molecular formula is C116H76N4. The predicted octanol–water partition coefficient (Wildman–Crippen LogP) is 29.5. The zero-order valence-electron chi connectivity index (χ0n) is 65.7. The standard InChI is InChI=1S/C61H40N2.C55H36N2/c1-3-15-41(16-4-1)42-27-33-47(34-28-42)63-57-25-13-9-21-51(57)53-37-29-44(40-60(53)63)43-30-38-59-54(39-43)52-22-10-14-26-58(52)62(59)48-35-31-46(32-36-48)61(45-17-5-2-6-18-45)55-23-11-7-19-49(55)50-20-8-12-24-56(50)61;1-3-15-39(16-4-1)55(49-23-11-7-19-43(49)44-20-8-12-24-50(44)55)40-29-31-42(32-30-40)56-52-26-14-10-22-46(52)48-35-37(28-34-53(48)56)38-27-33-47-45-21-9-13-25-51(45)57(54(47)36-38)41-17-5-2-6-18-41/h1-40H;1-36H. The molecule has 0 fully saturated rings. The van der Waals surface area contributed by atoms with Crippen molar-refractivity contribution in [3.8, 4) is 78.4 Å². The van der Waals surface area contributed by atoms with E-state index in [1.807, 2.05) is 0 Å². The van der Waals surface area contributed by atoms with Gasteiger partial charge in [-0.05, 0) is 209 Å². The zero-order chi connectivity index (χ0) is 79.0. The number of aromatic nitrogens is 4. The number of nitrogens with zero attached hydrogens (tertiary/aromatic N) is 4. The molecule has 2 aliphatic rings. The molecule has 0 N–H and O–H groups in total. The Balaban J connectivity index is 0.000000137. The van der Waals surface area contributed by atoms with Gasteiger partial charge >= 0.3 is 0 Å². The Morgan fingerprint density at radius 2 is 0.367 bits per heavy atom. The van der Waals surface area contributed by atoms with Gasteiger partial charge in [-0.25, -0.2) is 0 Å². The molecule has 0 aliphatic heterocycles. The highest BCUT2D eigenvalue weighted by molar-refractivity contribution is 6.15. The van der Waals surface area contributed by atoms with Crippen molar-refractivity contribution in [2.24, 2.45) is 0 Å². The zero-order valence-corrected chi connectivity index (χ0v) is 65.7. The smallest absolute Gasteiger partial charge is 0.0713 e. The van der Waals surface area contributed by atoms with Gasteiger partial charge in [-0.3, -0.25) is 0 Å². The lowest BCUT2D eigenvalue weighted by Crippen LogP contribution is -2.28. The Kier molecular flexibility index (Phi) is 15.8. The minimum atomic E-state index is -0.429. The number of para-hydroxylation sites is 5. The van der Waals surface area contributed by atoms with Crippen molar-refractivity contribution in [2.75, 3.05) is 0 Å². The maximum atomic E-state index is 2.43. The quantitative estimate of drug-likeness (QED) is 0.123. The van der Waals surface area contributed by atoms with E-state index < -0.39 is 10.8 Å². The summed E-state index contributed by atoms with van der Waals surface area (Å²) in [5.41, 5.74) is 36.2. The van der Waals surface area contributed by atoms with Crippen molar-refractivity contribution < 1.29 is 0 Å². The van der Waals surface area contributed by atoms with Crippen LogP contribution in [0.5, 0.6) is 0 Å². The fourth-order valence-corrected chi connectivity index (χ4v) is 20.9. The number of rotatable bonds is 11. The van der Waals surface area contributed by atoms with Crippen molar-refractivity contribution in [1.29, 1.82) is 0 Å². The van der Waals surface area contributed by atoms with E-state index in [0.29, 0.717) is 0 Å². The number of hydrogen-bond donors (Lipinski definition) is 0. The van der Waals surface area contributed by atoms with Crippen LogP contribution in [0.1, 0.15) is 44.5 Å². The molecule has 0 bridgehead atoms. The Morgan fingerprint density at radius 3 is 0.742 bits per heavy atom. The summed E-state index contributed by atoms with van der Waals surface area (Å²) in [5.74, 6) is 0. The van der Waals surface area contributed by atoms with Crippen LogP contribution in [0.25, 0.3) is 166 Å². The molecule has 0 atom stereocenters. The minimum absolute atomic E-state index is 0.421. The molecule has 4 heterocycles. The first-order valence-electron chi connectivity index (χ1n) is 41.6. The van der Waals surface area contributed by atoms with Crippen molar-refractivity contribution in [3.05, 3.63) is 506 Å². The van der Waals surface area contributed by atoms with Crippen LogP contribution in [-0.2, 0) is 10.8 Å². The van der Waals surface area contributed by atoms with Gasteiger partial charge < -0.3 is 18.3 Å². The van der Waals surface area contributed by atoms with E-state index in [1.165, 1.54) is 193 Å². The monoisotopic (exact) mass is 1520 g/mol. The molecule has 0 saturated heterocycles. The van der Waals surface area contributed by atoms with Gasteiger partial charge in [-0.2, -0.15) is 0 Å². The first kappa shape index (κ1) is 68.8. The third-order valence-corrected chi connectivity index (χ3v) is 26.0. The molecule has 0 unspecified atom stereocenters. The van der Waals surface area contributed by atoms with Gasteiger partial charge in [0.2, 0.25) is 0 Å². The van der Waals surface area contributed by atoms with Crippen LogP contribution in [-0.4, -0.2) is 18.3 Å². The van der Waals surface area contributed by atoms with Gasteiger partial charge in [-0.1, -0.05) is 352 Å². The van der Waals surface area contributed by atoms with E-state index in [1.54, 1.807) is 0 Å². The van der Waals surface area contributed by atoms with Crippen molar-refractivity contribution >= 4 is 87.2 Å². The Morgan fingerprint density at radius 1 is 0.133 bits per heavy atom. The van der Waals surface area contributed by atoms with Gasteiger partial charge in [0.25, 0.3) is 0 Å². The minimum Gasteiger partial charge on any atom is -0.309 e. The fraction of sp³-hybridized carbons (Fsp3) is 0.0172. The molecule has 0 spiro atoms. The first-order valence-corrected chi connectivity index (χ1v) is 41.6. The van der Waals surface area contributed by atoms with Crippen molar-refractivity contribution in [1.82, 2.24) is 18.3 Å². The molecule has 19 aromatic carbocycles. The summed E-state index contributed by atoms with van der Waals surface area (Å²) in [7, 11) is 0. The number of fused-ring (bicyclic) bond motifs is 18. The highest BCUT2D eigenvalue weighted by Gasteiger charge is 2.47. The van der Waals surface area contributed by atoms with Crippen LogP contribution in [0.15, 0.2) is 461 Å². The summed E-state index contributed by atoms with van der Waals surface area (Å²) in [4.78, 5) is 0. The highest BCUT2D eigenvalue weighted by Crippen LogP contribution is 2.58. The normalized spacial score (nSPS) is 13.0. The number of hydrogen-bond acceptors (Lipinski definition) is 0. The van der Waals surface area contributed by atoms with Gasteiger partial charge in [0.15, 0.2) is 0 Å². The summed E-state index contributed by atoms with van der Waals surface area (Å²) >= 11 is 0. The average Bonchev–Trinajstić information content (AvgIpc) is 1.54. The molecule has 2 aliphatic carbocycles. The second kappa shape index (κ2) is 27.5. The van der Waals surface area contributed by atoms with E-state index in [9.17, 15) is 0 Å². The summed E-state index contributed by atoms with van der Waals surface area (Å²) in [6.07, 6.45) is 0. The van der Waals surface area contributed by atoms with Crippen LogP contribution < -0.4 is 0 Å². The van der Waals surface area contributed by atoms with E-state index in [4.69, 9.17) is 0 Å². The highest BCUT2D eigenvalue weighted by atomic mass is 15.0. The summed E-state index contributed by atoms with van der Waals surface area (Å²) in [5, 5.41) is 10.0. The molecule has 0 radical (unpaired) electrons. The lowest BCUT2D eigenvalue weighted by Gasteiger charge is -2.34. The van der Waals surface area contributed by atoms with Crippen LogP contribution in [0.3, 0.4) is 0 Å². The van der Waals surface area contributed by atoms with E-state index in [2.05, 4.69) is 479 Å². The molecular weight excluding hydrogens is 1450 g/mol. The van der Waals surface area contributed by atoms with Crippen LogP contribution in [0.2, 0.25) is 0 Å². The predicted molar refractivity (Wildman–Crippen MR) is 501 cm³/mol.